The van der Waals surface area contributed by atoms with Crippen LogP contribution >= 0.6 is 0 Å². The van der Waals surface area contributed by atoms with Crippen LogP contribution in [-0.4, -0.2) is 68.6 Å². The zero-order chi connectivity index (χ0) is 21.1. The SMILES string of the molecule is C=[N+](CCCCC(N)C(=O)O)c1nc(NCCCC(N)C(=O)O)[nH]c1/C=C\C. The molecule has 1 rings (SSSR count). The monoisotopic (exact) mass is 395 g/mol. The highest BCUT2D eigenvalue weighted by atomic mass is 16.4. The normalized spacial score (nSPS) is 13.4. The molecule has 10 nitrogen and oxygen atoms in total. The van der Waals surface area contributed by atoms with Crippen LogP contribution in [0.2, 0.25) is 0 Å². The Balaban J connectivity index is 2.56. The van der Waals surface area contributed by atoms with Gasteiger partial charge in [-0.05, 0) is 50.1 Å². The molecular formula is C18H31N6O4+. The third kappa shape index (κ3) is 7.89. The molecule has 0 saturated carbocycles. The highest BCUT2D eigenvalue weighted by molar-refractivity contribution is 5.73. The van der Waals surface area contributed by atoms with Crippen molar-refractivity contribution in [2.24, 2.45) is 11.5 Å². The van der Waals surface area contributed by atoms with Crippen LogP contribution in [-0.2, 0) is 9.59 Å². The minimum atomic E-state index is -1.01. The number of aromatic amines is 1. The molecule has 1 heterocycles. The number of nitrogens with zero attached hydrogens (tertiary/aromatic N) is 2. The Labute approximate surface area is 164 Å². The quantitative estimate of drug-likeness (QED) is 0.154. The van der Waals surface area contributed by atoms with Gasteiger partial charge in [0.1, 0.15) is 17.8 Å². The van der Waals surface area contributed by atoms with Crippen LogP contribution in [0.15, 0.2) is 6.08 Å². The molecule has 0 spiro atoms. The minimum absolute atomic E-state index is 0.373. The number of hydrogen-bond acceptors (Lipinski definition) is 6. The molecule has 0 bridgehead atoms. The number of anilines is 1. The molecule has 2 unspecified atom stereocenters. The van der Waals surface area contributed by atoms with Crippen molar-refractivity contribution in [3.05, 3.63) is 11.8 Å². The first-order valence-corrected chi connectivity index (χ1v) is 9.27. The first kappa shape index (κ1) is 23.3. The molecule has 28 heavy (non-hydrogen) atoms. The summed E-state index contributed by atoms with van der Waals surface area (Å²) in [5.41, 5.74) is 11.8. The lowest BCUT2D eigenvalue weighted by atomic mass is 10.1. The van der Waals surface area contributed by atoms with E-state index in [1.54, 1.807) is 4.58 Å². The summed E-state index contributed by atoms with van der Waals surface area (Å²) in [6.45, 7) is 7.05. The molecule has 10 heteroatoms. The van der Waals surface area contributed by atoms with Crippen LogP contribution in [0.25, 0.3) is 6.08 Å². The average Bonchev–Trinajstić information content (AvgIpc) is 3.04. The van der Waals surface area contributed by atoms with Gasteiger partial charge in [0.15, 0.2) is 0 Å². The van der Waals surface area contributed by atoms with Gasteiger partial charge in [0, 0.05) is 6.54 Å². The lowest BCUT2D eigenvalue weighted by Crippen LogP contribution is -2.30. The Morgan fingerprint density at radius 3 is 2.39 bits per heavy atom. The molecule has 0 amide bonds. The summed E-state index contributed by atoms with van der Waals surface area (Å²) in [5, 5.41) is 20.7. The molecule has 0 aliphatic rings. The summed E-state index contributed by atoms with van der Waals surface area (Å²) < 4.78 is 1.75. The van der Waals surface area contributed by atoms with Gasteiger partial charge in [0.25, 0.3) is 0 Å². The molecular weight excluding hydrogens is 364 g/mol. The standard InChI is InChI=1S/C18H30N6O4/c1-3-7-14-15(24(2)11-5-4-8-12(19)16(25)26)23-18(22-14)21-10-6-9-13(20)17(27)28/h3,7,12-13H,2,4-6,8-11,19-20H2,1H3,(H3-,21,22,23,25,26,27,28)/p+1/b7-3-. The molecule has 0 saturated heterocycles. The van der Waals surface area contributed by atoms with Crippen molar-refractivity contribution in [2.75, 3.05) is 18.4 Å². The van der Waals surface area contributed by atoms with Crippen molar-refractivity contribution in [3.63, 3.8) is 0 Å². The Morgan fingerprint density at radius 2 is 1.82 bits per heavy atom. The second-order valence-corrected chi connectivity index (χ2v) is 6.54. The van der Waals surface area contributed by atoms with Crippen molar-refractivity contribution in [1.29, 1.82) is 0 Å². The topological polar surface area (TPSA) is 170 Å². The number of H-pyrrole nitrogens is 1. The third-order valence-electron chi connectivity index (χ3n) is 4.16. The van der Waals surface area contributed by atoms with Crippen LogP contribution in [0.4, 0.5) is 11.8 Å². The Bertz CT molecular complexity index is 700. The first-order valence-electron chi connectivity index (χ1n) is 9.27. The number of nitrogens with two attached hydrogens (primary N) is 2. The van der Waals surface area contributed by atoms with E-state index >= 15 is 0 Å². The van der Waals surface area contributed by atoms with Crippen LogP contribution in [0.1, 0.15) is 44.7 Å². The van der Waals surface area contributed by atoms with E-state index in [4.69, 9.17) is 21.7 Å². The molecule has 0 aliphatic heterocycles. The Kier molecular flexibility index (Phi) is 9.89. The van der Waals surface area contributed by atoms with E-state index in [2.05, 4.69) is 22.0 Å². The van der Waals surface area contributed by atoms with Gasteiger partial charge in [-0.1, -0.05) is 6.08 Å². The molecule has 2 atom stereocenters. The molecule has 0 aromatic carbocycles. The number of allylic oxidation sites excluding steroid dienone is 1. The third-order valence-corrected chi connectivity index (χ3v) is 4.16. The number of carbonyl (C=O) groups is 2. The van der Waals surface area contributed by atoms with E-state index in [1.165, 1.54) is 0 Å². The van der Waals surface area contributed by atoms with Gasteiger partial charge in [-0.15, -0.1) is 0 Å². The first-order chi connectivity index (χ1) is 13.3. The Hall–Kier alpha value is -2.72. The van der Waals surface area contributed by atoms with Gasteiger partial charge in [-0.25, -0.2) is 4.58 Å². The second-order valence-electron chi connectivity index (χ2n) is 6.54. The van der Waals surface area contributed by atoms with Crippen molar-refractivity contribution in [1.82, 2.24) is 9.97 Å². The van der Waals surface area contributed by atoms with Crippen molar-refractivity contribution in [2.45, 2.75) is 51.1 Å². The maximum Gasteiger partial charge on any atom is 0.350 e. The molecule has 1 aromatic heterocycles. The number of imidazole rings is 1. The van der Waals surface area contributed by atoms with E-state index < -0.39 is 24.0 Å². The number of carboxylic acids is 2. The number of aromatic nitrogens is 2. The van der Waals surface area contributed by atoms with Crippen LogP contribution < -0.4 is 16.8 Å². The molecule has 0 fully saturated rings. The highest BCUT2D eigenvalue weighted by Crippen LogP contribution is 2.20. The fourth-order valence-electron chi connectivity index (χ4n) is 2.53. The van der Waals surface area contributed by atoms with Gasteiger partial charge < -0.3 is 27.0 Å². The summed E-state index contributed by atoms with van der Waals surface area (Å²) in [4.78, 5) is 29.1. The molecule has 1 aromatic rings. The highest BCUT2D eigenvalue weighted by Gasteiger charge is 2.20. The van der Waals surface area contributed by atoms with E-state index in [9.17, 15) is 9.59 Å². The van der Waals surface area contributed by atoms with Crippen molar-refractivity contribution in [3.8, 4) is 0 Å². The summed E-state index contributed by atoms with van der Waals surface area (Å²) in [5.74, 6) is -0.763. The maximum absolute atomic E-state index is 10.7. The molecule has 0 radical (unpaired) electrons. The van der Waals surface area contributed by atoms with E-state index in [0.29, 0.717) is 50.5 Å². The van der Waals surface area contributed by atoms with Gasteiger partial charge in [-0.3, -0.25) is 14.6 Å². The number of aliphatic carboxylic acids is 2. The summed E-state index contributed by atoms with van der Waals surface area (Å²) in [6.07, 6.45) is 6.56. The maximum atomic E-state index is 10.7. The summed E-state index contributed by atoms with van der Waals surface area (Å²) in [6, 6.07) is -1.70. The van der Waals surface area contributed by atoms with Crippen molar-refractivity contribution < 1.29 is 24.4 Å². The average molecular weight is 395 g/mol. The van der Waals surface area contributed by atoms with Gasteiger partial charge in [-0.2, -0.15) is 0 Å². The number of carboxylic acid groups (broad SMARTS) is 2. The van der Waals surface area contributed by atoms with E-state index in [1.807, 2.05) is 19.1 Å². The predicted molar refractivity (Wildman–Crippen MR) is 108 cm³/mol. The van der Waals surface area contributed by atoms with Crippen LogP contribution in [0, 0.1) is 0 Å². The second kappa shape index (κ2) is 11.9. The molecule has 8 N–H and O–H groups in total. The molecule has 0 aliphatic carbocycles. The Morgan fingerprint density at radius 1 is 1.21 bits per heavy atom. The predicted octanol–water partition coefficient (Wildman–Crippen LogP) is 0.974. The zero-order valence-corrected chi connectivity index (χ0v) is 16.2. The zero-order valence-electron chi connectivity index (χ0n) is 16.2. The fourth-order valence-corrected chi connectivity index (χ4v) is 2.53. The molecule has 156 valence electrons. The van der Waals surface area contributed by atoms with Crippen molar-refractivity contribution >= 4 is 36.5 Å². The van der Waals surface area contributed by atoms with Crippen LogP contribution in [0.3, 0.4) is 0 Å². The fraction of sp³-hybridized carbons (Fsp3) is 0.556. The lowest BCUT2D eigenvalue weighted by molar-refractivity contribution is -0.436. The summed E-state index contributed by atoms with van der Waals surface area (Å²) >= 11 is 0. The van der Waals surface area contributed by atoms with E-state index in [0.717, 1.165) is 12.1 Å². The van der Waals surface area contributed by atoms with Gasteiger partial charge in [0.2, 0.25) is 0 Å². The largest absolute Gasteiger partial charge is 0.480 e. The number of hydrogen-bond donors (Lipinski definition) is 6. The van der Waals surface area contributed by atoms with Gasteiger partial charge in [0.05, 0.1) is 13.3 Å². The minimum Gasteiger partial charge on any atom is -0.480 e. The lowest BCUT2D eigenvalue weighted by Gasteiger charge is -2.05. The summed E-state index contributed by atoms with van der Waals surface area (Å²) in [7, 11) is 0. The number of unbranched alkanes of at least 4 members (excludes halogenated alkanes) is 1. The van der Waals surface area contributed by atoms with Crippen LogP contribution in [0.5, 0.6) is 0 Å². The smallest absolute Gasteiger partial charge is 0.350 e. The number of rotatable bonds is 14. The number of nitrogens with one attached hydrogen (secondary N) is 2. The van der Waals surface area contributed by atoms with E-state index in [-0.39, 0.29) is 0 Å². The van der Waals surface area contributed by atoms with Gasteiger partial charge >= 0.3 is 23.7 Å².